The monoisotopic (exact) mass is 308 g/mol. The second kappa shape index (κ2) is 5.32. The first kappa shape index (κ1) is 12.6. The van der Waals surface area contributed by atoms with Gasteiger partial charge in [0.15, 0.2) is 0 Å². The van der Waals surface area contributed by atoms with Crippen LogP contribution in [0.3, 0.4) is 0 Å². The summed E-state index contributed by atoms with van der Waals surface area (Å²) in [5.41, 5.74) is 1.40. The summed E-state index contributed by atoms with van der Waals surface area (Å²) < 4.78 is 1.18. The number of benzene rings is 1. The third-order valence-corrected chi connectivity index (χ3v) is 4.89. The minimum absolute atomic E-state index is 0.753. The standard InChI is InChI=1S/C15H21BrN2/c1-18(10-11-3-2-4-12(16)7-11)15-8-13-5-6-14(9-15)17-13/h2-4,7,13-15,17H,5-6,8-10H2,1H3. The molecule has 1 N–H and O–H groups in total. The first-order chi connectivity index (χ1) is 8.70. The number of hydrogen-bond acceptors (Lipinski definition) is 2. The number of nitrogens with zero attached hydrogens (tertiary/aromatic N) is 1. The van der Waals surface area contributed by atoms with Crippen LogP contribution < -0.4 is 5.32 Å². The third-order valence-electron chi connectivity index (χ3n) is 4.39. The Balaban J connectivity index is 1.63. The summed E-state index contributed by atoms with van der Waals surface area (Å²) in [6.07, 6.45) is 5.40. The minimum Gasteiger partial charge on any atom is -0.311 e. The zero-order valence-corrected chi connectivity index (χ0v) is 12.5. The second-order valence-corrected chi connectivity index (χ2v) is 6.72. The molecule has 2 nitrogen and oxygen atoms in total. The van der Waals surface area contributed by atoms with E-state index < -0.39 is 0 Å². The average Bonchev–Trinajstić information content (AvgIpc) is 2.68. The Morgan fingerprint density at radius 1 is 1.28 bits per heavy atom. The van der Waals surface area contributed by atoms with Crippen molar-refractivity contribution in [3.05, 3.63) is 34.3 Å². The lowest BCUT2D eigenvalue weighted by molar-refractivity contribution is 0.166. The number of piperidine rings is 1. The molecule has 1 aromatic carbocycles. The number of fused-ring (bicyclic) bond motifs is 2. The molecule has 2 fully saturated rings. The van der Waals surface area contributed by atoms with Gasteiger partial charge in [0.1, 0.15) is 0 Å². The van der Waals surface area contributed by atoms with E-state index in [1.165, 1.54) is 35.7 Å². The van der Waals surface area contributed by atoms with Crippen LogP contribution in [0.25, 0.3) is 0 Å². The summed E-state index contributed by atoms with van der Waals surface area (Å²) in [6.45, 7) is 1.06. The van der Waals surface area contributed by atoms with Crippen molar-refractivity contribution in [2.24, 2.45) is 0 Å². The summed E-state index contributed by atoms with van der Waals surface area (Å²) in [5, 5.41) is 3.71. The molecule has 2 atom stereocenters. The maximum Gasteiger partial charge on any atom is 0.0234 e. The molecule has 1 aromatic rings. The van der Waals surface area contributed by atoms with Crippen LogP contribution in [-0.4, -0.2) is 30.1 Å². The van der Waals surface area contributed by atoms with Gasteiger partial charge in [-0.3, -0.25) is 4.90 Å². The van der Waals surface area contributed by atoms with Crippen LogP contribution in [0.1, 0.15) is 31.2 Å². The van der Waals surface area contributed by atoms with Gasteiger partial charge in [0.25, 0.3) is 0 Å². The van der Waals surface area contributed by atoms with Crippen LogP contribution in [0.2, 0.25) is 0 Å². The summed E-state index contributed by atoms with van der Waals surface area (Å²) in [7, 11) is 2.27. The van der Waals surface area contributed by atoms with E-state index in [1.54, 1.807) is 0 Å². The van der Waals surface area contributed by atoms with Crippen LogP contribution >= 0.6 is 15.9 Å². The highest BCUT2D eigenvalue weighted by Crippen LogP contribution is 2.29. The number of nitrogens with one attached hydrogen (secondary N) is 1. The highest BCUT2D eigenvalue weighted by atomic mass is 79.9. The van der Waals surface area contributed by atoms with E-state index >= 15 is 0 Å². The van der Waals surface area contributed by atoms with Crippen molar-refractivity contribution < 1.29 is 0 Å². The van der Waals surface area contributed by atoms with E-state index in [-0.39, 0.29) is 0 Å². The Morgan fingerprint density at radius 2 is 2.00 bits per heavy atom. The fourth-order valence-corrected chi connectivity index (χ4v) is 3.89. The van der Waals surface area contributed by atoms with Gasteiger partial charge >= 0.3 is 0 Å². The molecule has 98 valence electrons. The first-order valence-corrected chi connectivity index (χ1v) is 7.71. The molecule has 18 heavy (non-hydrogen) atoms. The second-order valence-electron chi connectivity index (χ2n) is 5.81. The van der Waals surface area contributed by atoms with E-state index in [4.69, 9.17) is 0 Å². The van der Waals surface area contributed by atoms with Gasteiger partial charge in [-0.25, -0.2) is 0 Å². The number of rotatable bonds is 3. The van der Waals surface area contributed by atoms with Gasteiger partial charge in [0.05, 0.1) is 0 Å². The molecule has 0 aromatic heterocycles. The van der Waals surface area contributed by atoms with Crippen LogP contribution in [0.15, 0.2) is 28.7 Å². The Morgan fingerprint density at radius 3 is 2.67 bits per heavy atom. The molecule has 0 radical (unpaired) electrons. The molecular weight excluding hydrogens is 288 g/mol. The zero-order chi connectivity index (χ0) is 12.5. The molecule has 0 aliphatic carbocycles. The van der Waals surface area contributed by atoms with E-state index in [9.17, 15) is 0 Å². The molecule has 2 unspecified atom stereocenters. The van der Waals surface area contributed by atoms with Crippen molar-refractivity contribution in [2.75, 3.05) is 7.05 Å². The van der Waals surface area contributed by atoms with E-state index in [0.717, 1.165) is 24.7 Å². The fraction of sp³-hybridized carbons (Fsp3) is 0.600. The maximum atomic E-state index is 3.71. The first-order valence-electron chi connectivity index (χ1n) is 6.91. The summed E-state index contributed by atoms with van der Waals surface area (Å²) in [4.78, 5) is 2.54. The molecule has 2 aliphatic heterocycles. The molecule has 3 rings (SSSR count). The maximum absolute atomic E-state index is 3.71. The van der Waals surface area contributed by atoms with Gasteiger partial charge in [0, 0.05) is 29.1 Å². The quantitative estimate of drug-likeness (QED) is 0.922. The van der Waals surface area contributed by atoms with E-state index in [1.807, 2.05) is 0 Å². The highest BCUT2D eigenvalue weighted by molar-refractivity contribution is 9.10. The molecule has 2 bridgehead atoms. The lowest BCUT2D eigenvalue weighted by atomic mass is 9.98. The average molecular weight is 309 g/mol. The Kier molecular flexibility index (Phi) is 3.73. The van der Waals surface area contributed by atoms with E-state index in [2.05, 4.69) is 57.5 Å². The Bertz CT molecular complexity index is 409. The van der Waals surface area contributed by atoms with Gasteiger partial charge in [-0.2, -0.15) is 0 Å². The predicted octanol–water partition coefficient (Wildman–Crippen LogP) is 3.16. The van der Waals surface area contributed by atoms with Crippen molar-refractivity contribution >= 4 is 15.9 Å². The van der Waals surface area contributed by atoms with Gasteiger partial charge < -0.3 is 5.32 Å². The van der Waals surface area contributed by atoms with Crippen LogP contribution in [-0.2, 0) is 6.54 Å². The zero-order valence-electron chi connectivity index (χ0n) is 10.9. The molecule has 0 amide bonds. The van der Waals surface area contributed by atoms with Gasteiger partial charge in [-0.15, -0.1) is 0 Å². The minimum atomic E-state index is 0.753. The number of hydrogen-bond donors (Lipinski definition) is 1. The predicted molar refractivity (Wildman–Crippen MR) is 78.6 cm³/mol. The summed E-state index contributed by atoms with van der Waals surface area (Å²) >= 11 is 3.55. The van der Waals surface area contributed by atoms with Crippen molar-refractivity contribution in [2.45, 2.75) is 50.4 Å². The van der Waals surface area contributed by atoms with Crippen molar-refractivity contribution in [1.29, 1.82) is 0 Å². The highest BCUT2D eigenvalue weighted by Gasteiger charge is 2.34. The number of halogens is 1. The fourth-order valence-electron chi connectivity index (χ4n) is 3.44. The molecule has 2 heterocycles. The van der Waals surface area contributed by atoms with Crippen LogP contribution in [0.4, 0.5) is 0 Å². The molecule has 3 heteroatoms. The normalized spacial score (nSPS) is 30.9. The molecule has 0 spiro atoms. The smallest absolute Gasteiger partial charge is 0.0234 e. The molecule has 2 saturated heterocycles. The lowest BCUT2D eigenvalue weighted by Crippen LogP contribution is -2.46. The van der Waals surface area contributed by atoms with Crippen molar-refractivity contribution in [3.63, 3.8) is 0 Å². The van der Waals surface area contributed by atoms with Gasteiger partial charge in [0.2, 0.25) is 0 Å². The van der Waals surface area contributed by atoms with Crippen LogP contribution in [0.5, 0.6) is 0 Å². The lowest BCUT2D eigenvalue weighted by Gasteiger charge is -2.35. The topological polar surface area (TPSA) is 15.3 Å². The molecule has 2 aliphatic rings. The molecular formula is C15H21BrN2. The van der Waals surface area contributed by atoms with Crippen molar-refractivity contribution in [1.82, 2.24) is 10.2 Å². The third kappa shape index (κ3) is 2.79. The Labute approximate surface area is 118 Å². The van der Waals surface area contributed by atoms with Crippen LogP contribution in [0, 0.1) is 0 Å². The largest absolute Gasteiger partial charge is 0.311 e. The van der Waals surface area contributed by atoms with E-state index in [0.29, 0.717) is 0 Å². The Hall–Kier alpha value is -0.380. The van der Waals surface area contributed by atoms with Gasteiger partial charge in [-0.05, 0) is 50.4 Å². The SMILES string of the molecule is CN(Cc1cccc(Br)c1)C1CC2CCC(C1)N2. The summed E-state index contributed by atoms with van der Waals surface area (Å²) in [6, 6.07) is 11.0. The summed E-state index contributed by atoms with van der Waals surface area (Å²) in [5.74, 6) is 0. The van der Waals surface area contributed by atoms with Gasteiger partial charge in [-0.1, -0.05) is 28.1 Å². The van der Waals surface area contributed by atoms with Crippen molar-refractivity contribution in [3.8, 4) is 0 Å². The molecule has 0 saturated carbocycles.